The van der Waals surface area contributed by atoms with E-state index in [1.165, 1.54) is 11.4 Å². The first kappa shape index (κ1) is 31.6. The van der Waals surface area contributed by atoms with Crippen molar-refractivity contribution in [3.8, 4) is 0 Å². The molecule has 0 aliphatic carbocycles. The minimum Gasteiger partial charge on any atom is -0.437 e. The summed E-state index contributed by atoms with van der Waals surface area (Å²) in [5, 5.41) is 0. The molecule has 0 atom stereocenters. The Morgan fingerprint density at radius 1 is 0.652 bits per heavy atom. The second-order valence-corrected chi connectivity index (χ2v) is 13.7. The summed E-state index contributed by atoms with van der Waals surface area (Å²) < 4.78 is 14.0. The van der Waals surface area contributed by atoms with E-state index in [1.54, 1.807) is 0 Å². The third-order valence-corrected chi connectivity index (χ3v) is 10.2. The summed E-state index contributed by atoms with van der Waals surface area (Å²) in [5.41, 5.74) is 8.43. The molecule has 0 amide bonds. The lowest BCUT2D eigenvalue weighted by molar-refractivity contribution is -0.674. The minimum atomic E-state index is 0.620. The van der Waals surface area contributed by atoms with Gasteiger partial charge in [-0.1, -0.05) is 70.1 Å². The summed E-state index contributed by atoms with van der Waals surface area (Å²) in [5.74, 6) is 3.62. The highest BCUT2D eigenvalue weighted by molar-refractivity contribution is 8.76. The number of rotatable bonds is 14. The molecule has 0 saturated heterocycles. The predicted molar refractivity (Wildman–Crippen MR) is 198 cm³/mol. The maximum absolute atomic E-state index is 6.07. The van der Waals surface area contributed by atoms with Gasteiger partial charge in [-0.05, 0) is 72.7 Å². The first-order chi connectivity index (χ1) is 22.6. The van der Waals surface area contributed by atoms with Gasteiger partial charge in [-0.3, -0.25) is 0 Å². The van der Waals surface area contributed by atoms with Crippen molar-refractivity contribution in [2.45, 2.75) is 13.5 Å². The molecule has 0 aliphatic heterocycles. The zero-order valence-electron chi connectivity index (χ0n) is 26.5. The molecule has 0 saturated carbocycles. The molecule has 0 unspecified atom stereocenters. The van der Waals surface area contributed by atoms with Crippen molar-refractivity contribution in [2.24, 2.45) is 0 Å². The highest BCUT2D eigenvalue weighted by Gasteiger charge is 2.18. The number of aryl methyl sites for hydroxylation is 1. The number of para-hydroxylation sites is 4. The Bertz CT molecular complexity index is 1890. The van der Waals surface area contributed by atoms with E-state index in [1.807, 2.05) is 76.2 Å². The number of hydrogen-bond donors (Lipinski definition) is 0. The van der Waals surface area contributed by atoms with Crippen molar-refractivity contribution in [3.63, 3.8) is 0 Å². The average Bonchev–Trinajstić information content (AvgIpc) is 3.68. The van der Waals surface area contributed by atoms with Crippen LogP contribution in [0.4, 0.5) is 11.4 Å². The van der Waals surface area contributed by atoms with Crippen LogP contribution < -0.4 is 14.4 Å². The molecule has 234 valence electrons. The van der Waals surface area contributed by atoms with Crippen molar-refractivity contribution in [3.05, 3.63) is 120 Å². The molecule has 6 aromatic rings. The van der Waals surface area contributed by atoms with Crippen LogP contribution in [0.25, 0.3) is 46.5 Å². The predicted octanol–water partition coefficient (Wildman–Crippen LogP) is 9.18. The third kappa shape index (κ3) is 7.87. The fourth-order valence-corrected chi connectivity index (χ4v) is 7.29. The summed E-state index contributed by atoms with van der Waals surface area (Å²) in [6.07, 6.45) is 8.13. The number of hydrogen-bond acceptors (Lipinski definition) is 7. The van der Waals surface area contributed by atoms with Crippen LogP contribution in [-0.2, 0) is 6.54 Å². The molecule has 0 radical (unpaired) electrons. The molecule has 8 heteroatoms. The second-order valence-electron chi connectivity index (χ2n) is 11.0. The largest absolute Gasteiger partial charge is 0.437 e. The number of fused-ring (bicyclic) bond motifs is 2. The van der Waals surface area contributed by atoms with E-state index >= 15 is 0 Å². The highest BCUT2D eigenvalue weighted by atomic mass is 33.1. The summed E-state index contributed by atoms with van der Waals surface area (Å²) in [6.45, 7) is 5.00. The van der Waals surface area contributed by atoms with Crippen LogP contribution in [0.15, 0.2) is 106 Å². The zero-order valence-corrected chi connectivity index (χ0v) is 28.1. The Labute approximate surface area is 278 Å². The van der Waals surface area contributed by atoms with Gasteiger partial charge in [0.2, 0.25) is 11.5 Å². The summed E-state index contributed by atoms with van der Waals surface area (Å²) >= 11 is 0. The van der Waals surface area contributed by atoms with Gasteiger partial charge < -0.3 is 18.6 Å². The Kier molecular flexibility index (Phi) is 10.5. The smallest absolute Gasteiger partial charge is 0.374 e. The van der Waals surface area contributed by atoms with E-state index in [2.05, 4.69) is 107 Å². The van der Waals surface area contributed by atoms with Crippen molar-refractivity contribution in [2.75, 3.05) is 48.5 Å². The lowest BCUT2D eigenvalue weighted by Crippen LogP contribution is -2.33. The molecule has 6 rings (SSSR count). The molecule has 6 nitrogen and oxygen atoms in total. The highest BCUT2D eigenvalue weighted by Crippen LogP contribution is 2.24. The van der Waals surface area contributed by atoms with E-state index < -0.39 is 0 Å². The molecular weight excluding hydrogens is 609 g/mol. The second kappa shape index (κ2) is 15.3. The van der Waals surface area contributed by atoms with E-state index in [0.717, 1.165) is 70.4 Å². The van der Waals surface area contributed by atoms with Gasteiger partial charge in [-0.15, -0.1) is 0 Å². The van der Waals surface area contributed by atoms with E-state index in [9.17, 15) is 0 Å². The lowest BCUT2D eigenvalue weighted by Gasteiger charge is -2.20. The molecule has 4 aromatic carbocycles. The molecule has 2 heterocycles. The van der Waals surface area contributed by atoms with Gasteiger partial charge in [-0.25, -0.2) is 4.98 Å². The first-order valence-electron chi connectivity index (χ1n) is 15.6. The summed E-state index contributed by atoms with van der Waals surface area (Å²) in [6, 6.07) is 33.3. The number of anilines is 2. The molecule has 0 spiro atoms. The standard InChI is InChI=1S/C38H39N4O2S2/c1-4-42-34-10-6-8-12-36(34)44-38(42)24-18-30-15-21-32(22-16-30)41(3)26-28-46-45-27-25-40(2)31-19-13-29(14-20-31)17-23-37-39-33-9-5-7-11-35(33)43-37/h5-24H,4,25-28H2,1-3H3/q+1/b23-17+. The normalized spacial score (nSPS) is 11.8. The minimum absolute atomic E-state index is 0.620. The van der Waals surface area contributed by atoms with Crippen molar-refractivity contribution >= 4 is 79.5 Å². The summed E-state index contributed by atoms with van der Waals surface area (Å²) in [7, 11) is 8.18. The summed E-state index contributed by atoms with van der Waals surface area (Å²) in [4.78, 5) is 9.13. The van der Waals surface area contributed by atoms with Crippen LogP contribution in [0.3, 0.4) is 0 Å². The van der Waals surface area contributed by atoms with Crippen molar-refractivity contribution in [1.29, 1.82) is 0 Å². The van der Waals surface area contributed by atoms with E-state index in [4.69, 9.17) is 8.83 Å². The van der Waals surface area contributed by atoms with Crippen LogP contribution >= 0.6 is 21.6 Å². The molecule has 2 aromatic heterocycles. The van der Waals surface area contributed by atoms with Crippen LogP contribution in [0, 0.1) is 0 Å². The lowest BCUT2D eigenvalue weighted by atomic mass is 10.2. The quantitative estimate of drug-likeness (QED) is 0.0664. The van der Waals surface area contributed by atoms with Crippen LogP contribution in [0.5, 0.6) is 0 Å². The number of oxazole rings is 2. The zero-order chi connectivity index (χ0) is 31.7. The van der Waals surface area contributed by atoms with Gasteiger partial charge in [0.15, 0.2) is 5.58 Å². The Hall–Kier alpha value is -4.40. The fraction of sp³-hybridized carbons (Fsp3) is 0.211. The van der Waals surface area contributed by atoms with Gasteiger partial charge >= 0.3 is 5.89 Å². The van der Waals surface area contributed by atoms with E-state index in [0.29, 0.717) is 5.89 Å². The Balaban J connectivity index is 0.898. The third-order valence-electron chi connectivity index (χ3n) is 7.87. The number of aromatic nitrogens is 2. The molecular formula is C38H39N4O2S2+. The molecule has 0 aliphatic rings. The Morgan fingerprint density at radius 3 is 1.83 bits per heavy atom. The first-order valence-corrected chi connectivity index (χ1v) is 18.1. The SMILES string of the molecule is CC[n+]1c(/C=C/c2ccc(N(C)CCSSCCN(C)c3ccc(/C=C/c4nc5ccccc5o4)cc3)cc2)oc2ccccc21. The molecule has 46 heavy (non-hydrogen) atoms. The van der Waals surface area contributed by atoms with E-state index in [-0.39, 0.29) is 0 Å². The van der Waals surface area contributed by atoms with Gasteiger partial charge in [0, 0.05) is 62.2 Å². The van der Waals surface area contributed by atoms with Crippen LogP contribution in [0.1, 0.15) is 29.8 Å². The number of benzene rings is 4. The van der Waals surface area contributed by atoms with Crippen molar-refractivity contribution < 1.29 is 13.4 Å². The topological polar surface area (TPSA) is 49.5 Å². The Morgan fingerprint density at radius 2 is 1.22 bits per heavy atom. The van der Waals surface area contributed by atoms with Crippen LogP contribution in [0.2, 0.25) is 0 Å². The fourth-order valence-electron chi connectivity index (χ4n) is 5.20. The maximum Gasteiger partial charge on any atom is 0.374 e. The van der Waals surface area contributed by atoms with Gasteiger partial charge in [0.25, 0.3) is 5.52 Å². The van der Waals surface area contributed by atoms with Gasteiger partial charge in [0.1, 0.15) is 12.1 Å². The van der Waals surface area contributed by atoms with Gasteiger partial charge in [0.05, 0.1) is 6.08 Å². The molecule has 0 fully saturated rings. The molecule has 0 bridgehead atoms. The van der Waals surface area contributed by atoms with Crippen molar-refractivity contribution in [1.82, 2.24) is 4.98 Å². The maximum atomic E-state index is 6.07. The number of nitrogens with zero attached hydrogens (tertiary/aromatic N) is 4. The van der Waals surface area contributed by atoms with Gasteiger partial charge in [-0.2, -0.15) is 4.57 Å². The average molecular weight is 648 g/mol. The monoisotopic (exact) mass is 647 g/mol. The molecule has 0 N–H and O–H groups in total. The van der Waals surface area contributed by atoms with Crippen LogP contribution in [-0.4, -0.2) is 43.7 Å².